The van der Waals surface area contributed by atoms with Crippen molar-refractivity contribution in [3.8, 4) is 0 Å². The lowest BCUT2D eigenvalue weighted by atomic mass is 10.0. The van der Waals surface area contributed by atoms with Crippen molar-refractivity contribution < 1.29 is 18.0 Å². The summed E-state index contributed by atoms with van der Waals surface area (Å²) in [6.45, 7) is 4.25. The maximum atomic E-state index is 13.3. The molecule has 0 saturated heterocycles. The van der Waals surface area contributed by atoms with E-state index in [2.05, 4.69) is 0 Å². The minimum atomic E-state index is -4.37. The summed E-state index contributed by atoms with van der Waals surface area (Å²) in [5.74, 6) is -0.263. The molecular formula is C25H25F3N2O. The van der Waals surface area contributed by atoms with E-state index >= 15 is 0 Å². The number of anilines is 1. The van der Waals surface area contributed by atoms with Crippen molar-refractivity contribution >= 4 is 11.6 Å². The van der Waals surface area contributed by atoms with Crippen molar-refractivity contribution in [2.24, 2.45) is 5.73 Å². The molecule has 0 radical (unpaired) electrons. The Bertz CT molecular complexity index is 1030. The highest BCUT2D eigenvalue weighted by atomic mass is 19.4. The number of alkyl halides is 3. The molecule has 0 aliphatic heterocycles. The van der Waals surface area contributed by atoms with E-state index in [1.54, 1.807) is 17.0 Å². The van der Waals surface area contributed by atoms with E-state index in [0.717, 1.165) is 23.3 Å². The Labute approximate surface area is 180 Å². The van der Waals surface area contributed by atoms with Crippen LogP contribution in [0.2, 0.25) is 0 Å². The molecule has 1 unspecified atom stereocenters. The molecule has 1 amide bonds. The lowest BCUT2D eigenvalue weighted by Gasteiger charge is -2.27. The first-order valence-corrected chi connectivity index (χ1v) is 10.0. The number of halogens is 3. The first-order chi connectivity index (χ1) is 14.7. The lowest BCUT2D eigenvalue weighted by molar-refractivity contribution is -0.137. The predicted molar refractivity (Wildman–Crippen MR) is 117 cm³/mol. The number of hydrogen-bond acceptors (Lipinski definition) is 2. The summed E-state index contributed by atoms with van der Waals surface area (Å²) in [6, 6.07) is 19.0. The lowest BCUT2D eigenvalue weighted by Crippen LogP contribution is -2.40. The fraction of sp³-hybridized carbons (Fsp3) is 0.240. The highest BCUT2D eigenvalue weighted by Crippen LogP contribution is 2.29. The van der Waals surface area contributed by atoms with Crippen LogP contribution in [0.4, 0.5) is 18.9 Å². The predicted octanol–water partition coefficient (Wildman–Crippen LogP) is 5.60. The Balaban J connectivity index is 1.85. The summed E-state index contributed by atoms with van der Waals surface area (Å²) >= 11 is 0. The fourth-order valence-electron chi connectivity index (χ4n) is 3.33. The second kappa shape index (κ2) is 9.35. The molecule has 0 spiro atoms. The topological polar surface area (TPSA) is 46.3 Å². The molecule has 0 fully saturated rings. The summed E-state index contributed by atoms with van der Waals surface area (Å²) in [6.07, 6.45) is -3.97. The van der Waals surface area contributed by atoms with E-state index in [-0.39, 0.29) is 5.91 Å². The molecular weight excluding hydrogens is 401 g/mol. The van der Waals surface area contributed by atoms with Crippen LogP contribution in [-0.2, 0) is 17.4 Å². The van der Waals surface area contributed by atoms with Crippen molar-refractivity contribution in [2.75, 3.05) is 11.4 Å². The van der Waals surface area contributed by atoms with Crippen LogP contribution >= 0.6 is 0 Å². The zero-order valence-electron chi connectivity index (χ0n) is 17.5. The number of hydrogen-bond donors (Lipinski definition) is 1. The molecule has 31 heavy (non-hydrogen) atoms. The molecule has 3 nitrogen and oxygen atoms in total. The highest BCUT2D eigenvalue weighted by Gasteiger charge is 2.30. The first-order valence-electron chi connectivity index (χ1n) is 10.0. The molecule has 2 N–H and O–H groups in total. The van der Waals surface area contributed by atoms with Crippen molar-refractivity contribution in [3.63, 3.8) is 0 Å². The Morgan fingerprint density at radius 2 is 1.58 bits per heavy atom. The number of nitrogens with two attached hydrogens (primary N) is 1. The van der Waals surface area contributed by atoms with Gasteiger partial charge in [-0.2, -0.15) is 13.2 Å². The summed E-state index contributed by atoms with van der Waals surface area (Å²) in [5, 5.41) is 0. The third-order valence-electron chi connectivity index (χ3n) is 5.40. The van der Waals surface area contributed by atoms with E-state index < -0.39 is 17.8 Å². The summed E-state index contributed by atoms with van der Waals surface area (Å²) < 4.78 is 38.4. The van der Waals surface area contributed by atoms with Crippen LogP contribution in [0.1, 0.15) is 33.9 Å². The van der Waals surface area contributed by atoms with Crippen LogP contribution in [0.5, 0.6) is 0 Å². The Hall–Kier alpha value is -3.12. The largest absolute Gasteiger partial charge is 0.416 e. The van der Waals surface area contributed by atoms with Gasteiger partial charge in [-0.1, -0.05) is 48.5 Å². The molecule has 0 aliphatic carbocycles. The van der Waals surface area contributed by atoms with Crippen LogP contribution in [0.3, 0.4) is 0 Å². The SMILES string of the molecule is Cc1ccc(N(CCc2ccc(C(F)(F)F)cc2)C(=O)C(N)c2ccccc2)cc1C. The zero-order chi connectivity index (χ0) is 22.6. The number of rotatable bonds is 6. The molecule has 162 valence electrons. The minimum Gasteiger partial charge on any atom is -0.316 e. The fourth-order valence-corrected chi connectivity index (χ4v) is 3.33. The van der Waals surface area contributed by atoms with Gasteiger partial charge >= 0.3 is 6.18 Å². The zero-order valence-corrected chi connectivity index (χ0v) is 17.5. The number of benzene rings is 3. The first kappa shape index (κ1) is 22.6. The van der Waals surface area contributed by atoms with E-state index in [4.69, 9.17) is 5.73 Å². The summed E-state index contributed by atoms with van der Waals surface area (Å²) in [7, 11) is 0. The monoisotopic (exact) mass is 426 g/mol. The van der Waals surface area contributed by atoms with E-state index in [9.17, 15) is 18.0 Å². The number of carbonyl (C=O) groups is 1. The van der Waals surface area contributed by atoms with Gasteiger partial charge in [-0.15, -0.1) is 0 Å². The van der Waals surface area contributed by atoms with Crippen LogP contribution < -0.4 is 10.6 Å². The van der Waals surface area contributed by atoms with Gasteiger partial charge in [0.2, 0.25) is 5.91 Å². The van der Waals surface area contributed by atoms with Gasteiger partial charge in [0, 0.05) is 12.2 Å². The summed E-state index contributed by atoms with van der Waals surface area (Å²) in [4.78, 5) is 14.9. The van der Waals surface area contributed by atoms with Crippen LogP contribution in [0.15, 0.2) is 72.8 Å². The molecule has 3 rings (SSSR count). The van der Waals surface area contributed by atoms with Crippen molar-refractivity contribution in [3.05, 3.63) is 101 Å². The highest BCUT2D eigenvalue weighted by molar-refractivity contribution is 5.97. The average Bonchev–Trinajstić information content (AvgIpc) is 2.76. The van der Waals surface area contributed by atoms with Gasteiger partial charge in [0.15, 0.2) is 0 Å². The van der Waals surface area contributed by atoms with Crippen LogP contribution in [0, 0.1) is 13.8 Å². The van der Waals surface area contributed by atoms with Crippen LogP contribution in [0.25, 0.3) is 0 Å². The van der Waals surface area contributed by atoms with Gasteiger partial charge in [-0.3, -0.25) is 4.79 Å². The third kappa shape index (κ3) is 5.52. The van der Waals surface area contributed by atoms with E-state index in [1.165, 1.54) is 12.1 Å². The quantitative estimate of drug-likeness (QED) is 0.558. The van der Waals surface area contributed by atoms with E-state index in [1.807, 2.05) is 50.2 Å². The summed E-state index contributed by atoms with van der Waals surface area (Å²) in [5.41, 5.74) is 9.85. The second-order valence-electron chi connectivity index (χ2n) is 7.59. The van der Waals surface area contributed by atoms with Gasteiger partial charge in [-0.05, 0) is 66.8 Å². The molecule has 0 bridgehead atoms. The van der Waals surface area contributed by atoms with Gasteiger partial charge in [-0.25, -0.2) is 0 Å². The molecule has 0 aliphatic rings. The van der Waals surface area contributed by atoms with Gasteiger partial charge < -0.3 is 10.6 Å². The molecule has 3 aromatic carbocycles. The molecule has 0 saturated carbocycles. The van der Waals surface area contributed by atoms with Crippen molar-refractivity contribution in [2.45, 2.75) is 32.5 Å². The van der Waals surface area contributed by atoms with Gasteiger partial charge in [0.1, 0.15) is 6.04 Å². The molecule has 0 heterocycles. The van der Waals surface area contributed by atoms with E-state index in [0.29, 0.717) is 29.8 Å². The third-order valence-corrected chi connectivity index (χ3v) is 5.40. The number of nitrogens with zero attached hydrogens (tertiary/aromatic N) is 1. The van der Waals surface area contributed by atoms with Crippen LogP contribution in [-0.4, -0.2) is 12.5 Å². The smallest absolute Gasteiger partial charge is 0.316 e. The van der Waals surface area contributed by atoms with Gasteiger partial charge in [0.25, 0.3) is 0 Å². The average molecular weight is 426 g/mol. The normalized spacial score (nSPS) is 12.5. The molecule has 6 heteroatoms. The number of carbonyl (C=O) groups excluding carboxylic acids is 1. The number of amides is 1. The molecule has 3 aromatic rings. The Morgan fingerprint density at radius 3 is 2.16 bits per heavy atom. The standard InChI is InChI=1S/C25H25F3N2O/c1-17-8-13-22(16-18(17)2)30(24(31)23(29)20-6-4-3-5-7-20)15-14-19-9-11-21(12-10-19)25(26,27)28/h3-13,16,23H,14-15,29H2,1-2H3. The Kier molecular flexibility index (Phi) is 6.81. The van der Waals surface area contributed by atoms with Crippen molar-refractivity contribution in [1.82, 2.24) is 0 Å². The maximum Gasteiger partial charge on any atom is 0.416 e. The number of aryl methyl sites for hydroxylation is 2. The Morgan fingerprint density at radius 1 is 0.935 bits per heavy atom. The van der Waals surface area contributed by atoms with Crippen molar-refractivity contribution in [1.29, 1.82) is 0 Å². The molecule has 0 aromatic heterocycles. The second-order valence-corrected chi connectivity index (χ2v) is 7.59. The van der Waals surface area contributed by atoms with Gasteiger partial charge in [0.05, 0.1) is 5.56 Å². The molecule has 1 atom stereocenters. The minimum absolute atomic E-state index is 0.263. The maximum absolute atomic E-state index is 13.3.